The van der Waals surface area contributed by atoms with Gasteiger partial charge in [-0.1, -0.05) is 62.4 Å². The molecule has 0 saturated carbocycles. The first-order valence-electron chi connectivity index (χ1n) is 9.59. The number of rotatable bonds is 4. The van der Waals surface area contributed by atoms with Crippen LogP contribution in [0.5, 0.6) is 0 Å². The van der Waals surface area contributed by atoms with Gasteiger partial charge in [0.1, 0.15) is 0 Å². The van der Waals surface area contributed by atoms with Crippen molar-refractivity contribution in [2.24, 2.45) is 0 Å². The second-order valence-corrected chi connectivity index (χ2v) is 7.55. The van der Waals surface area contributed by atoms with Crippen molar-refractivity contribution in [1.82, 2.24) is 0 Å². The maximum Gasteiger partial charge on any atom is 0.0944 e. The fourth-order valence-electron chi connectivity index (χ4n) is 4.68. The van der Waals surface area contributed by atoms with E-state index in [0.29, 0.717) is 0 Å². The largest absolute Gasteiger partial charge is 0.359 e. The minimum atomic E-state index is -0.0616. The number of hydrogen-bond acceptors (Lipinski definition) is 1. The molecule has 0 aliphatic carbocycles. The van der Waals surface area contributed by atoms with Crippen molar-refractivity contribution < 1.29 is 4.74 Å². The predicted molar refractivity (Wildman–Crippen MR) is 99.2 cm³/mol. The standard InChI is InChI=1S/C23H28O/c1-3-18-6-10-20(11-7-18)22-14-5-15-23(24-22,17-16-22)21-12-8-19(4-2)9-13-21/h6-13H,3-5,14-17H2,1-2H3. The van der Waals surface area contributed by atoms with Gasteiger partial charge in [0.25, 0.3) is 0 Å². The van der Waals surface area contributed by atoms with Crippen LogP contribution >= 0.6 is 0 Å². The Morgan fingerprint density at radius 2 is 1.08 bits per heavy atom. The molecule has 0 amide bonds. The summed E-state index contributed by atoms with van der Waals surface area (Å²) in [6, 6.07) is 18.3. The van der Waals surface area contributed by atoms with Gasteiger partial charge in [0.15, 0.2) is 0 Å². The topological polar surface area (TPSA) is 9.23 Å². The quantitative estimate of drug-likeness (QED) is 0.682. The second kappa shape index (κ2) is 6.04. The molecule has 0 radical (unpaired) electrons. The molecule has 2 heterocycles. The van der Waals surface area contributed by atoms with E-state index in [-0.39, 0.29) is 11.2 Å². The van der Waals surface area contributed by atoms with Crippen LogP contribution in [0.2, 0.25) is 0 Å². The highest BCUT2D eigenvalue weighted by atomic mass is 16.5. The maximum atomic E-state index is 6.89. The molecule has 2 aliphatic rings. The minimum absolute atomic E-state index is 0.0616. The average Bonchev–Trinajstić information content (AvgIpc) is 2.94. The lowest BCUT2D eigenvalue weighted by molar-refractivity contribution is -0.149. The van der Waals surface area contributed by atoms with E-state index in [2.05, 4.69) is 62.4 Å². The summed E-state index contributed by atoms with van der Waals surface area (Å²) in [4.78, 5) is 0. The number of hydrogen-bond donors (Lipinski definition) is 0. The molecule has 1 heteroatoms. The van der Waals surface area contributed by atoms with Crippen LogP contribution in [0.1, 0.15) is 68.2 Å². The second-order valence-electron chi connectivity index (χ2n) is 7.55. The van der Waals surface area contributed by atoms with E-state index in [9.17, 15) is 0 Å². The highest BCUT2D eigenvalue weighted by Crippen LogP contribution is 2.57. The fraction of sp³-hybridized carbons (Fsp3) is 0.478. The summed E-state index contributed by atoms with van der Waals surface area (Å²) in [6.07, 6.45) is 8.07. The van der Waals surface area contributed by atoms with Crippen molar-refractivity contribution in [3.8, 4) is 0 Å². The van der Waals surface area contributed by atoms with Crippen LogP contribution in [0.25, 0.3) is 0 Å². The van der Waals surface area contributed by atoms with E-state index >= 15 is 0 Å². The summed E-state index contributed by atoms with van der Waals surface area (Å²) in [6.45, 7) is 4.43. The zero-order chi connectivity index (χ0) is 16.6. The van der Waals surface area contributed by atoms with Gasteiger partial charge in [0.2, 0.25) is 0 Å². The number of ether oxygens (including phenoxy) is 1. The maximum absolute atomic E-state index is 6.89. The number of benzene rings is 2. The third-order valence-electron chi connectivity index (χ3n) is 6.26. The predicted octanol–water partition coefficient (Wildman–Crippen LogP) is 5.90. The van der Waals surface area contributed by atoms with E-state index < -0.39 is 0 Å². The molecule has 0 N–H and O–H groups in total. The van der Waals surface area contributed by atoms with Crippen molar-refractivity contribution >= 4 is 0 Å². The summed E-state index contributed by atoms with van der Waals surface area (Å²) in [5, 5.41) is 0. The highest BCUT2D eigenvalue weighted by molar-refractivity contribution is 5.34. The normalized spacial score (nSPS) is 28.9. The van der Waals surface area contributed by atoms with Gasteiger partial charge >= 0.3 is 0 Å². The summed E-state index contributed by atoms with van der Waals surface area (Å²) in [5.41, 5.74) is 5.45. The number of fused-ring (bicyclic) bond motifs is 2. The lowest BCUT2D eigenvalue weighted by atomic mass is 9.84. The van der Waals surface area contributed by atoms with E-state index in [1.807, 2.05) is 0 Å². The van der Waals surface area contributed by atoms with Gasteiger partial charge < -0.3 is 4.74 Å². The van der Waals surface area contributed by atoms with E-state index in [1.165, 1.54) is 28.7 Å². The molecular formula is C23H28O. The van der Waals surface area contributed by atoms with Crippen LogP contribution in [-0.4, -0.2) is 0 Å². The summed E-state index contributed by atoms with van der Waals surface area (Å²) in [5.74, 6) is 0. The molecule has 2 aromatic rings. The molecule has 0 spiro atoms. The van der Waals surface area contributed by atoms with Gasteiger partial charge in [0.05, 0.1) is 11.2 Å². The van der Waals surface area contributed by atoms with Crippen LogP contribution in [0.4, 0.5) is 0 Å². The van der Waals surface area contributed by atoms with Crippen molar-refractivity contribution in [1.29, 1.82) is 0 Å². The molecule has 2 aliphatic heterocycles. The Balaban J connectivity index is 1.65. The van der Waals surface area contributed by atoms with Crippen LogP contribution in [0, 0.1) is 0 Å². The third-order valence-corrected chi connectivity index (χ3v) is 6.26. The molecular weight excluding hydrogens is 292 g/mol. The van der Waals surface area contributed by atoms with E-state index in [4.69, 9.17) is 4.74 Å². The third kappa shape index (κ3) is 2.50. The number of aryl methyl sites for hydroxylation is 2. The van der Waals surface area contributed by atoms with Gasteiger partial charge in [-0.2, -0.15) is 0 Å². The Hall–Kier alpha value is -1.60. The first-order valence-corrected chi connectivity index (χ1v) is 9.59. The van der Waals surface area contributed by atoms with Gasteiger partial charge in [0, 0.05) is 0 Å². The molecule has 2 unspecified atom stereocenters. The Morgan fingerprint density at radius 3 is 1.46 bits per heavy atom. The highest BCUT2D eigenvalue weighted by Gasteiger charge is 2.53. The van der Waals surface area contributed by atoms with Crippen LogP contribution in [0.3, 0.4) is 0 Å². The Labute approximate surface area is 146 Å². The lowest BCUT2D eigenvalue weighted by Gasteiger charge is -2.41. The molecule has 2 bridgehead atoms. The van der Waals surface area contributed by atoms with Crippen molar-refractivity contribution in [2.75, 3.05) is 0 Å². The van der Waals surface area contributed by atoms with Crippen LogP contribution in [-0.2, 0) is 28.8 Å². The molecule has 4 rings (SSSR count). The monoisotopic (exact) mass is 320 g/mol. The Bertz CT molecular complexity index is 638. The average molecular weight is 320 g/mol. The first-order chi connectivity index (χ1) is 11.7. The molecule has 2 saturated heterocycles. The molecule has 2 aromatic carbocycles. The van der Waals surface area contributed by atoms with Crippen molar-refractivity contribution in [3.05, 3.63) is 70.8 Å². The molecule has 24 heavy (non-hydrogen) atoms. The summed E-state index contributed by atoms with van der Waals surface area (Å²) >= 11 is 0. The molecule has 0 aromatic heterocycles. The van der Waals surface area contributed by atoms with Gasteiger partial charge in [-0.05, 0) is 67.2 Å². The molecule has 1 nitrogen and oxygen atoms in total. The van der Waals surface area contributed by atoms with E-state index in [1.54, 1.807) is 0 Å². The summed E-state index contributed by atoms with van der Waals surface area (Å²) < 4.78 is 6.89. The molecule has 2 fully saturated rings. The Kier molecular flexibility index (Phi) is 4.00. The van der Waals surface area contributed by atoms with Gasteiger partial charge in [-0.25, -0.2) is 0 Å². The van der Waals surface area contributed by atoms with Crippen LogP contribution in [0.15, 0.2) is 48.5 Å². The fourth-order valence-corrected chi connectivity index (χ4v) is 4.68. The first kappa shape index (κ1) is 15.9. The van der Waals surface area contributed by atoms with Crippen molar-refractivity contribution in [3.63, 3.8) is 0 Å². The molecule has 126 valence electrons. The smallest absolute Gasteiger partial charge is 0.0944 e. The Morgan fingerprint density at radius 1 is 0.667 bits per heavy atom. The van der Waals surface area contributed by atoms with Crippen LogP contribution < -0.4 is 0 Å². The minimum Gasteiger partial charge on any atom is -0.359 e. The zero-order valence-electron chi connectivity index (χ0n) is 15.0. The van der Waals surface area contributed by atoms with Crippen molar-refractivity contribution in [2.45, 2.75) is 70.0 Å². The lowest BCUT2D eigenvalue weighted by Crippen LogP contribution is -2.36. The zero-order valence-corrected chi connectivity index (χ0v) is 15.0. The van der Waals surface area contributed by atoms with E-state index in [0.717, 1.165) is 38.5 Å². The van der Waals surface area contributed by atoms with Gasteiger partial charge in [-0.15, -0.1) is 0 Å². The summed E-state index contributed by atoms with van der Waals surface area (Å²) in [7, 11) is 0. The van der Waals surface area contributed by atoms with Gasteiger partial charge in [-0.3, -0.25) is 0 Å². The molecule has 2 atom stereocenters. The SMILES string of the molecule is CCc1ccc(C23CCCC(c4ccc(CC)cc4)(CC2)O3)cc1.